The first-order valence-corrected chi connectivity index (χ1v) is 12.5. The minimum absolute atomic E-state index is 0.0700. The second-order valence-corrected chi connectivity index (χ2v) is 10.0. The molecule has 0 fully saturated rings. The van der Waals surface area contributed by atoms with Gasteiger partial charge in [-0.2, -0.15) is 5.10 Å². The van der Waals surface area contributed by atoms with Gasteiger partial charge in [0.25, 0.3) is 5.91 Å². The molecule has 3 N–H and O–H groups in total. The molecular formula is C21H17Br2N3O5S. The van der Waals surface area contributed by atoms with Crippen molar-refractivity contribution in [3.63, 3.8) is 0 Å². The second kappa shape index (κ2) is 10.2. The number of nitrogens with zero attached hydrogens (tertiary/aromatic N) is 1. The van der Waals surface area contributed by atoms with Crippen LogP contribution in [0.1, 0.15) is 15.9 Å². The van der Waals surface area contributed by atoms with Gasteiger partial charge in [-0.25, -0.2) is 13.8 Å². The van der Waals surface area contributed by atoms with Crippen LogP contribution in [0.3, 0.4) is 0 Å². The van der Waals surface area contributed by atoms with Crippen LogP contribution in [0.15, 0.2) is 74.7 Å². The van der Waals surface area contributed by atoms with E-state index in [1.807, 2.05) is 0 Å². The van der Waals surface area contributed by atoms with Crippen LogP contribution in [0.2, 0.25) is 0 Å². The molecule has 0 unspecified atom stereocenters. The molecule has 3 rings (SSSR count). The molecule has 0 aliphatic carbocycles. The first-order chi connectivity index (χ1) is 15.1. The van der Waals surface area contributed by atoms with Crippen molar-refractivity contribution in [2.75, 3.05) is 11.0 Å². The summed E-state index contributed by atoms with van der Waals surface area (Å²) in [7, 11) is -3.41. The van der Waals surface area contributed by atoms with E-state index in [0.717, 1.165) is 6.26 Å². The summed E-state index contributed by atoms with van der Waals surface area (Å²) in [5.74, 6) is 0.416. The molecule has 3 aromatic carbocycles. The van der Waals surface area contributed by atoms with Gasteiger partial charge in [-0.15, -0.1) is 0 Å². The van der Waals surface area contributed by atoms with E-state index in [9.17, 15) is 18.3 Å². The lowest BCUT2D eigenvalue weighted by Crippen LogP contribution is -2.17. The van der Waals surface area contributed by atoms with Gasteiger partial charge in [-0.05, 0) is 79.9 Å². The van der Waals surface area contributed by atoms with E-state index in [1.54, 1.807) is 48.5 Å². The number of phenols is 1. The zero-order valence-corrected chi connectivity index (χ0v) is 20.5. The van der Waals surface area contributed by atoms with E-state index in [-0.39, 0.29) is 5.75 Å². The molecule has 0 aliphatic rings. The number of aromatic hydroxyl groups is 1. The number of phenolic OH excluding ortho intramolecular Hbond substituents is 1. The number of hydrazone groups is 1. The zero-order valence-electron chi connectivity index (χ0n) is 16.5. The van der Waals surface area contributed by atoms with Crippen LogP contribution in [0.25, 0.3) is 0 Å². The van der Waals surface area contributed by atoms with Crippen molar-refractivity contribution < 1.29 is 23.1 Å². The molecule has 0 bridgehead atoms. The number of carbonyl (C=O) groups is 1. The van der Waals surface area contributed by atoms with Crippen LogP contribution in [0, 0.1) is 0 Å². The van der Waals surface area contributed by atoms with Crippen molar-refractivity contribution in [2.24, 2.45) is 5.10 Å². The van der Waals surface area contributed by atoms with Gasteiger partial charge in [0.05, 0.1) is 27.1 Å². The topological polar surface area (TPSA) is 117 Å². The molecule has 32 heavy (non-hydrogen) atoms. The second-order valence-electron chi connectivity index (χ2n) is 6.56. The third kappa shape index (κ3) is 6.81. The number of hydrogen-bond acceptors (Lipinski definition) is 6. The van der Waals surface area contributed by atoms with E-state index >= 15 is 0 Å². The van der Waals surface area contributed by atoms with Crippen molar-refractivity contribution in [3.8, 4) is 17.2 Å². The summed E-state index contributed by atoms with van der Waals surface area (Å²) in [4.78, 5) is 12.4. The Labute approximate surface area is 201 Å². The quantitative estimate of drug-likeness (QED) is 0.272. The average Bonchev–Trinajstić information content (AvgIpc) is 2.71. The highest BCUT2D eigenvalue weighted by molar-refractivity contribution is 9.11. The van der Waals surface area contributed by atoms with Crippen molar-refractivity contribution in [3.05, 3.63) is 80.7 Å². The Morgan fingerprint density at radius 1 is 1.03 bits per heavy atom. The lowest BCUT2D eigenvalue weighted by atomic mass is 10.2. The van der Waals surface area contributed by atoms with Crippen molar-refractivity contribution in [1.29, 1.82) is 0 Å². The Morgan fingerprint density at radius 3 is 2.31 bits per heavy atom. The number of anilines is 1. The molecule has 0 saturated carbocycles. The normalized spacial score (nSPS) is 11.3. The van der Waals surface area contributed by atoms with Gasteiger partial charge in [0.1, 0.15) is 17.2 Å². The molecule has 3 aromatic rings. The van der Waals surface area contributed by atoms with Gasteiger partial charge in [0, 0.05) is 11.6 Å². The summed E-state index contributed by atoms with van der Waals surface area (Å²) >= 11 is 6.46. The molecule has 0 radical (unpaired) electrons. The number of carbonyl (C=O) groups excluding carboxylic acids is 1. The molecular weight excluding hydrogens is 566 g/mol. The van der Waals surface area contributed by atoms with Gasteiger partial charge >= 0.3 is 0 Å². The first kappa shape index (κ1) is 23.8. The molecule has 0 spiro atoms. The van der Waals surface area contributed by atoms with E-state index in [1.165, 1.54) is 18.3 Å². The summed E-state index contributed by atoms with van der Waals surface area (Å²) in [6.45, 7) is 0. The number of benzene rings is 3. The maximum Gasteiger partial charge on any atom is 0.271 e. The van der Waals surface area contributed by atoms with Gasteiger partial charge < -0.3 is 9.84 Å². The molecule has 0 aromatic heterocycles. The number of rotatable bonds is 7. The van der Waals surface area contributed by atoms with Crippen molar-refractivity contribution in [1.82, 2.24) is 5.43 Å². The highest BCUT2D eigenvalue weighted by Gasteiger charge is 2.09. The predicted molar refractivity (Wildman–Crippen MR) is 130 cm³/mol. The Morgan fingerprint density at radius 2 is 1.66 bits per heavy atom. The summed E-state index contributed by atoms with van der Waals surface area (Å²) in [6.07, 6.45) is 2.50. The molecule has 1 amide bonds. The van der Waals surface area contributed by atoms with Crippen LogP contribution in [0.4, 0.5) is 5.69 Å². The number of ether oxygens (including phenoxy) is 1. The fourth-order valence-electron chi connectivity index (χ4n) is 2.56. The first-order valence-electron chi connectivity index (χ1n) is 8.98. The summed E-state index contributed by atoms with van der Waals surface area (Å²) in [5.41, 5.74) is 3.77. The van der Waals surface area contributed by atoms with Crippen molar-refractivity contribution in [2.45, 2.75) is 0 Å². The van der Waals surface area contributed by atoms with Gasteiger partial charge in [0.15, 0.2) is 0 Å². The third-order valence-corrected chi connectivity index (χ3v) is 5.70. The molecule has 11 heteroatoms. The Balaban J connectivity index is 1.68. The van der Waals surface area contributed by atoms with Crippen LogP contribution in [0.5, 0.6) is 17.2 Å². The molecule has 166 valence electrons. The highest BCUT2D eigenvalue weighted by atomic mass is 79.9. The number of nitrogens with one attached hydrogen (secondary N) is 2. The average molecular weight is 583 g/mol. The zero-order chi connectivity index (χ0) is 23.3. The predicted octanol–water partition coefficient (Wildman–Crippen LogP) is 4.84. The van der Waals surface area contributed by atoms with E-state index in [2.05, 4.69) is 47.1 Å². The van der Waals surface area contributed by atoms with E-state index < -0.39 is 15.9 Å². The lowest BCUT2D eigenvalue weighted by molar-refractivity contribution is 0.0955. The minimum atomic E-state index is -3.41. The fourth-order valence-corrected chi connectivity index (χ4v) is 4.34. The largest absolute Gasteiger partial charge is 0.506 e. The maximum absolute atomic E-state index is 12.4. The standard InChI is InChI=1S/C21H17Br2N3O5S/c1-32(29,30)26-15-5-3-7-17(11-15)31-16-6-2-4-14(10-16)21(28)25-24-12-13-8-18(22)20(27)19(23)9-13/h2-12,26-27H,1H3,(H,25,28). The lowest BCUT2D eigenvalue weighted by Gasteiger charge is -2.09. The van der Waals surface area contributed by atoms with Crippen LogP contribution in [-0.2, 0) is 10.0 Å². The molecule has 0 atom stereocenters. The summed E-state index contributed by atoms with van der Waals surface area (Å²) in [6, 6.07) is 16.2. The Bertz CT molecular complexity index is 1270. The number of halogens is 2. The number of amides is 1. The summed E-state index contributed by atoms with van der Waals surface area (Å²) < 4.78 is 31.9. The SMILES string of the molecule is CS(=O)(=O)Nc1cccc(Oc2cccc(C(=O)NN=Cc3cc(Br)c(O)c(Br)c3)c2)c1. The monoisotopic (exact) mass is 581 g/mol. The van der Waals surface area contributed by atoms with Gasteiger partial charge in [-0.3, -0.25) is 9.52 Å². The van der Waals surface area contributed by atoms with Crippen LogP contribution in [-0.4, -0.2) is 31.9 Å². The molecule has 0 aliphatic heterocycles. The molecule has 0 heterocycles. The van der Waals surface area contributed by atoms with E-state index in [4.69, 9.17) is 4.74 Å². The van der Waals surface area contributed by atoms with Crippen LogP contribution < -0.4 is 14.9 Å². The van der Waals surface area contributed by atoms with Crippen LogP contribution >= 0.6 is 31.9 Å². The van der Waals surface area contributed by atoms with Gasteiger partial charge in [0.2, 0.25) is 10.0 Å². The summed E-state index contributed by atoms with van der Waals surface area (Å²) in [5, 5.41) is 13.7. The van der Waals surface area contributed by atoms with Gasteiger partial charge in [-0.1, -0.05) is 12.1 Å². The Hall–Kier alpha value is -2.89. The van der Waals surface area contributed by atoms with Crippen molar-refractivity contribution >= 4 is 59.7 Å². The fraction of sp³-hybridized carbons (Fsp3) is 0.0476. The third-order valence-electron chi connectivity index (χ3n) is 3.89. The highest BCUT2D eigenvalue weighted by Crippen LogP contribution is 2.32. The number of hydrogen-bond donors (Lipinski definition) is 3. The smallest absolute Gasteiger partial charge is 0.271 e. The van der Waals surface area contributed by atoms with E-state index in [0.29, 0.717) is 37.3 Å². The minimum Gasteiger partial charge on any atom is -0.506 e. The number of sulfonamides is 1. The molecule has 8 nitrogen and oxygen atoms in total. The maximum atomic E-state index is 12.4. The molecule has 0 saturated heterocycles. The Kier molecular flexibility index (Phi) is 7.54.